The summed E-state index contributed by atoms with van der Waals surface area (Å²) in [4.78, 5) is 12.0. The molecule has 0 fully saturated rings. The first-order valence-corrected chi connectivity index (χ1v) is 7.37. The highest BCUT2D eigenvalue weighted by Gasteiger charge is 2.05. The predicted octanol–water partition coefficient (Wildman–Crippen LogP) is 3.32. The molecule has 1 amide bonds. The quantitative estimate of drug-likeness (QED) is 0.572. The van der Waals surface area contributed by atoms with E-state index in [4.69, 9.17) is 4.74 Å². The van der Waals surface area contributed by atoms with Gasteiger partial charge in [-0.2, -0.15) is 5.10 Å². The zero-order chi connectivity index (χ0) is 16.9. The third-order valence-electron chi connectivity index (χ3n) is 3.64. The molecule has 0 saturated heterocycles. The van der Waals surface area contributed by atoms with Crippen LogP contribution < -0.4 is 10.2 Å². The monoisotopic (exact) mass is 320 g/mol. The molecule has 3 aromatic rings. The van der Waals surface area contributed by atoms with Gasteiger partial charge in [-0.15, -0.1) is 0 Å². The van der Waals surface area contributed by atoms with Crippen LogP contribution in [0.25, 0.3) is 10.8 Å². The van der Waals surface area contributed by atoms with E-state index in [2.05, 4.69) is 10.5 Å². The summed E-state index contributed by atoms with van der Waals surface area (Å²) in [6.45, 7) is 0. The summed E-state index contributed by atoms with van der Waals surface area (Å²) in [7, 11) is 1.63. The zero-order valence-corrected chi connectivity index (χ0v) is 13.1. The van der Waals surface area contributed by atoms with Crippen molar-refractivity contribution < 1.29 is 14.6 Å². The first-order valence-electron chi connectivity index (χ1n) is 7.37. The lowest BCUT2D eigenvalue weighted by Gasteiger charge is -2.07. The molecular weight excluding hydrogens is 304 g/mol. The Kier molecular flexibility index (Phi) is 4.43. The van der Waals surface area contributed by atoms with Gasteiger partial charge in [-0.3, -0.25) is 4.79 Å². The number of methoxy groups -OCH3 is 1. The maximum absolute atomic E-state index is 12.0. The average molecular weight is 320 g/mol. The number of aromatic hydroxyl groups is 1. The smallest absolute Gasteiger partial charge is 0.271 e. The molecule has 5 nitrogen and oxygen atoms in total. The number of fused-ring (bicyclic) bond motifs is 1. The summed E-state index contributed by atoms with van der Waals surface area (Å²) in [6, 6.07) is 17.5. The molecule has 24 heavy (non-hydrogen) atoms. The molecule has 0 radical (unpaired) electrons. The number of benzene rings is 3. The zero-order valence-electron chi connectivity index (χ0n) is 13.1. The SMILES string of the molecule is COc1ccc(/C=N/NC(=O)c2ccc(O)cc2)c2ccccc12. The van der Waals surface area contributed by atoms with Crippen molar-refractivity contribution in [1.29, 1.82) is 0 Å². The molecule has 3 rings (SSSR count). The molecule has 0 bridgehead atoms. The highest BCUT2D eigenvalue weighted by molar-refractivity contribution is 6.03. The summed E-state index contributed by atoms with van der Waals surface area (Å²) in [6.07, 6.45) is 1.60. The number of nitrogens with zero attached hydrogens (tertiary/aromatic N) is 1. The maximum atomic E-state index is 12.0. The van der Waals surface area contributed by atoms with E-state index in [1.165, 1.54) is 24.3 Å². The number of carbonyl (C=O) groups is 1. The molecule has 0 spiro atoms. The standard InChI is InChI=1S/C19H16N2O3/c1-24-18-11-8-14(16-4-2-3-5-17(16)18)12-20-21-19(23)13-6-9-15(22)10-7-13/h2-12,22H,1H3,(H,21,23)/b20-12+. The Bertz CT molecular complexity index is 902. The van der Waals surface area contributed by atoms with E-state index in [0.29, 0.717) is 5.56 Å². The maximum Gasteiger partial charge on any atom is 0.271 e. The molecule has 0 unspecified atom stereocenters. The molecular formula is C19H16N2O3. The fourth-order valence-electron chi connectivity index (χ4n) is 2.42. The number of phenolic OH excluding ortho intramolecular Hbond substituents is 1. The molecule has 0 aliphatic rings. The Morgan fingerprint density at radius 2 is 1.75 bits per heavy atom. The summed E-state index contributed by atoms with van der Waals surface area (Å²) < 4.78 is 5.36. The minimum absolute atomic E-state index is 0.111. The van der Waals surface area contributed by atoms with Crippen LogP contribution >= 0.6 is 0 Å². The van der Waals surface area contributed by atoms with Gasteiger partial charge in [-0.05, 0) is 41.8 Å². The van der Waals surface area contributed by atoms with E-state index < -0.39 is 0 Å². The van der Waals surface area contributed by atoms with Gasteiger partial charge in [0.25, 0.3) is 5.91 Å². The van der Waals surface area contributed by atoms with Gasteiger partial charge >= 0.3 is 0 Å². The lowest BCUT2D eigenvalue weighted by molar-refractivity contribution is 0.0955. The molecule has 0 aliphatic heterocycles. The highest BCUT2D eigenvalue weighted by Crippen LogP contribution is 2.27. The summed E-state index contributed by atoms with van der Waals surface area (Å²) >= 11 is 0. The Labute approximate surface area is 139 Å². The molecule has 0 aliphatic carbocycles. The van der Waals surface area contributed by atoms with Gasteiger partial charge in [-0.25, -0.2) is 5.43 Å². The molecule has 120 valence electrons. The van der Waals surface area contributed by atoms with E-state index in [9.17, 15) is 9.90 Å². The average Bonchev–Trinajstić information content (AvgIpc) is 2.62. The number of phenols is 1. The Hall–Kier alpha value is -3.34. The van der Waals surface area contributed by atoms with Gasteiger partial charge in [0.1, 0.15) is 11.5 Å². The number of amides is 1. The Morgan fingerprint density at radius 1 is 1.04 bits per heavy atom. The Balaban J connectivity index is 1.81. The van der Waals surface area contributed by atoms with Gasteiger partial charge in [0.15, 0.2) is 0 Å². The van der Waals surface area contributed by atoms with Crippen molar-refractivity contribution in [2.24, 2.45) is 5.10 Å². The van der Waals surface area contributed by atoms with Crippen molar-refractivity contribution in [1.82, 2.24) is 5.43 Å². The lowest BCUT2D eigenvalue weighted by atomic mass is 10.0. The summed E-state index contributed by atoms with van der Waals surface area (Å²) in [5.74, 6) is 0.555. The number of hydrazone groups is 1. The lowest BCUT2D eigenvalue weighted by Crippen LogP contribution is -2.17. The minimum atomic E-state index is -0.343. The number of hydrogen-bond acceptors (Lipinski definition) is 4. The van der Waals surface area contributed by atoms with Crippen molar-refractivity contribution in [2.75, 3.05) is 7.11 Å². The number of rotatable bonds is 4. The van der Waals surface area contributed by atoms with Gasteiger partial charge in [-0.1, -0.05) is 24.3 Å². The molecule has 0 heterocycles. The van der Waals surface area contributed by atoms with E-state index in [1.807, 2.05) is 36.4 Å². The van der Waals surface area contributed by atoms with Crippen LogP contribution in [0.4, 0.5) is 0 Å². The van der Waals surface area contributed by atoms with Crippen LogP contribution in [0.1, 0.15) is 15.9 Å². The van der Waals surface area contributed by atoms with Gasteiger partial charge in [0.2, 0.25) is 0 Å². The molecule has 0 atom stereocenters. The van der Waals surface area contributed by atoms with Crippen molar-refractivity contribution >= 4 is 22.9 Å². The van der Waals surface area contributed by atoms with Crippen LogP contribution in [0, 0.1) is 0 Å². The van der Waals surface area contributed by atoms with E-state index in [-0.39, 0.29) is 11.7 Å². The van der Waals surface area contributed by atoms with E-state index in [0.717, 1.165) is 22.1 Å². The summed E-state index contributed by atoms with van der Waals surface area (Å²) in [5, 5.41) is 15.2. The number of hydrogen-bond donors (Lipinski definition) is 2. The first kappa shape index (κ1) is 15.6. The molecule has 0 aromatic heterocycles. The van der Waals surface area contributed by atoms with Crippen molar-refractivity contribution in [2.45, 2.75) is 0 Å². The van der Waals surface area contributed by atoms with Crippen LogP contribution in [0.15, 0.2) is 65.8 Å². The largest absolute Gasteiger partial charge is 0.508 e. The van der Waals surface area contributed by atoms with Gasteiger partial charge in [0, 0.05) is 16.5 Å². The Morgan fingerprint density at radius 3 is 2.46 bits per heavy atom. The number of nitrogens with one attached hydrogen (secondary N) is 1. The second kappa shape index (κ2) is 6.83. The number of carbonyl (C=O) groups excluding carboxylic acids is 1. The fourth-order valence-corrected chi connectivity index (χ4v) is 2.42. The van der Waals surface area contributed by atoms with E-state index in [1.54, 1.807) is 13.3 Å². The minimum Gasteiger partial charge on any atom is -0.508 e. The molecule has 0 saturated carbocycles. The highest BCUT2D eigenvalue weighted by atomic mass is 16.5. The second-order valence-electron chi connectivity index (χ2n) is 5.15. The topological polar surface area (TPSA) is 70.9 Å². The third kappa shape index (κ3) is 3.20. The molecule has 2 N–H and O–H groups in total. The predicted molar refractivity (Wildman–Crippen MR) is 93.7 cm³/mol. The third-order valence-corrected chi connectivity index (χ3v) is 3.64. The van der Waals surface area contributed by atoms with E-state index >= 15 is 0 Å². The van der Waals surface area contributed by atoms with Crippen molar-refractivity contribution in [3.63, 3.8) is 0 Å². The van der Waals surface area contributed by atoms with Crippen molar-refractivity contribution in [3.05, 3.63) is 71.8 Å². The van der Waals surface area contributed by atoms with Gasteiger partial charge < -0.3 is 9.84 Å². The second-order valence-corrected chi connectivity index (χ2v) is 5.15. The van der Waals surface area contributed by atoms with Crippen LogP contribution in [-0.4, -0.2) is 24.3 Å². The molecule has 3 aromatic carbocycles. The normalized spacial score (nSPS) is 10.9. The number of ether oxygens (including phenoxy) is 1. The first-order chi connectivity index (χ1) is 11.7. The van der Waals surface area contributed by atoms with Gasteiger partial charge in [0.05, 0.1) is 13.3 Å². The van der Waals surface area contributed by atoms with Crippen molar-refractivity contribution in [3.8, 4) is 11.5 Å². The van der Waals surface area contributed by atoms with Crippen LogP contribution in [0.5, 0.6) is 11.5 Å². The molecule has 5 heteroatoms. The summed E-state index contributed by atoms with van der Waals surface area (Å²) in [5.41, 5.74) is 3.77. The van der Waals surface area contributed by atoms with Crippen LogP contribution in [-0.2, 0) is 0 Å². The fraction of sp³-hybridized carbons (Fsp3) is 0.0526. The van der Waals surface area contributed by atoms with Crippen LogP contribution in [0.2, 0.25) is 0 Å². The van der Waals surface area contributed by atoms with Crippen LogP contribution in [0.3, 0.4) is 0 Å².